The Balaban J connectivity index is 2.15. The summed E-state index contributed by atoms with van der Waals surface area (Å²) in [5.41, 5.74) is 14.6. The van der Waals surface area contributed by atoms with Crippen LogP contribution in [0.2, 0.25) is 0 Å². The Kier molecular flexibility index (Phi) is 3.68. The lowest BCUT2D eigenvalue weighted by atomic mass is 10.1. The molecule has 0 atom stereocenters. The number of nitrogens with two attached hydrogens (primary N) is 2. The summed E-state index contributed by atoms with van der Waals surface area (Å²) in [6.45, 7) is 1.96. The highest BCUT2D eigenvalue weighted by atomic mass is 16.5. The number of H-pyrrole nitrogens is 1. The van der Waals surface area contributed by atoms with Crippen molar-refractivity contribution in [3.05, 3.63) is 48.2 Å². The molecule has 5 N–H and O–H groups in total. The van der Waals surface area contributed by atoms with Crippen molar-refractivity contribution in [1.29, 1.82) is 0 Å². The van der Waals surface area contributed by atoms with Crippen molar-refractivity contribution in [1.82, 2.24) is 15.0 Å². The number of ether oxygens (including phenoxy) is 1. The van der Waals surface area contributed by atoms with E-state index in [1.807, 2.05) is 31.2 Å². The van der Waals surface area contributed by atoms with Crippen LogP contribution in [-0.2, 0) is 0 Å². The molecule has 0 fully saturated rings. The molecule has 1 aromatic carbocycles. The Hall–Kier alpha value is -3.35. The van der Waals surface area contributed by atoms with Crippen molar-refractivity contribution in [2.75, 3.05) is 5.73 Å². The first-order valence-electron chi connectivity index (χ1n) is 6.90. The molecule has 0 saturated carbocycles. The summed E-state index contributed by atoms with van der Waals surface area (Å²) < 4.78 is 5.12. The topological polar surface area (TPSA) is 120 Å². The van der Waals surface area contributed by atoms with Crippen molar-refractivity contribution in [3.8, 4) is 28.4 Å². The second kappa shape index (κ2) is 5.80. The molecule has 0 saturated heterocycles. The summed E-state index contributed by atoms with van der Waals surface area (Å²) in [4.78, 5) is 22.4. The van der Waals surface area contributed by atoms with Gasteiger partial charge >= 0.3 is 6.09 Å². The van der Waals surface area contributed by atoms with Gasteiger partial charge in [-0.15, -0.1) is 0 Å². The Morgan fingerprint density at radius 3 is 2.74 bits per heavy atom. The van der Waals surface area contributed by atoms with Gasteiger partial charge in [0.05, 0.1) is 17.1 Å². The van der Waals surface area contributed by atoms with E-state index in [0.717, 1.165) is 11.1 Å². The zero-order valence-corrected chi connectivity index (χ0v) is 12.4. The molecule has 3 aromatic rings. The molecule has 0 radical (unpaired) electrons. The van der Waals surface area contributed by atoms with Crippen LogP contribution in [0.1, 0.15) is 5.56 Å². The number of aromatic nitrogens is 3. The third-order valence-corrected chi connectivity index (χ3v) is 3.36. The quantitative estimate of drug-likeness (QED) is 0.686. The number of amides is 1. The maximum atomic E-state index is 11.2. The van der Waals surface area contributed by atoms with Gasteiger partial charge in [-0.25, -0.2) is 14.8 Å². The number of nitrogens with one attached hydrogen (secondary N) is 1. The Bertz CT molecular complexity index is 872. The van der Waals surface area contributed by atoms with Crippen molar-refractivity contribution in [2.45, 2.75) is 6.92 Å². The van der Waals surface area contributed by atoms with Crippen LogP contribution < -0.4 is 16.2 Å². The fourth-order valence-corrected chi connectivity index (χ4v) is 2.34. The zero-order chi connectivity index (χ0) is 16.4. The molecule has 7 nitrogen and oxygen atoms in total. The monoisotopic (exact) mass is 309 g/mol. The number of hydrogen-bond acceptors (Lipinski definition) is 5. The second-order valence-electron chi connectivity index (χ2n) is 4.96. The number of nitrogens with zero attached hydrogens (tertiary/aromatic N) is 2. The van der Waals surface area contributed by atoms with Crippen LogP contribution in [0, 0.1) is 6.92 Å². The summed E-state index contributed by atoms with van der Waals surface area (Å²) in [5, 5.41) is 0. The first kappa shape index (κ1) is 14.6. The van der Waals surface area contributed by atoms with Gasteiger partial charge in [0.15, 0.2) is 5.75 Å². The van der Waals surface area contributed by atoms with Gasteiger partial charge < -0.3 is 21.2 Å². The smallest absolute Gasteiger partial charge is 0.408 e. The third-order valence-electron chi connectivity index (χ3n) is 3.36. The van der Waals surface area contributed by atoms with Crippen LogP contribution in [0.25, 0.3) is 22.6 Å². The fraction of sp³-hybridized carbons (Fsp3) is 0.0625. The molecule has 0 bridgehead atoms. The third kappa shape index (κ3) is 2.98. The van der Waals surface area contributed by atoms with E-state index in [-0.39, 0.29) is 5.95 Å². The van der Waals surface area contributed by atoms with E-state index in [4.69, 9.17) is 16.2 Å². The molecule has 3 rings (SSSR count). The van der Waals surface area contributed by atoms with Gasteiger partial charge in [-0.3, -0.25) is 0 Å². The first-order chi connectivity index (χ1) is 11.0. The lowest BCUT2D eigenvalue weighted by Crippen LogP contribution is -2.16. The predicted octanol–water partition coefficient (Wildman–Crippen LogP) is 2.49. The number of aryl methyl sites for hydroxylation is 1. The van der Waals surface area contributed by atoms with E-state index in [1.54, 1.807) is 18.3 Å². The van der Waals surface area contributed by atoms with Crippen LogP contribution in [0.5, 0.6) is 5.75 Å². The molecule has 2 aromatic heterocycles. The number of nitrogen functional groups attached to an aromatic ring is 1. The molecule has 1 amide bonds. The van der Waals surface area contributed by atoms with Crippen molar-refractivity contribution in [3.63, 3.8) is 0 Å². The summed E-state index contributed by atoms with van der Waals surface area (Å²) in [6, 6.07) is 11.1. The minimum Gasteiger partial charge on any atom is -0.408 e. The molecule has 0 spiro atoms. The van der Waals surface area contributed by atoms with Gasteiger partial charge in [-0.05, 0) is 18.6 Å². The Morgan fingerprint density at radius 2 is 2.04 bits per heavy atom. The minimum absolute atomic E-state index is 0.159. The number of rotatable bonds is 3. The fourth-order valence-electron chi connectivity index (χ4n) is 2.34. The molecule has 2 heterocycles. The van der Waals surface area contributed by atoms with Gasteiger partial charge in [0.2, 0.25) is 5.95 Å². The highest BCUT2D eigenvalue weighted by Crippen LogP contribution is 2.35. The van der Waals surface area contributed by atoms with Gasteiger partial charge in [0.1, 0.15) is 0 Å². The average molecular weight is 309 g/mol. The van der Waals surface area contributed by atoms with Gasteiger partial charge in [0, 0.05) is 17.8 Å². The Labute approximate surface area is 132 Å². The number of carbonyl (C=O) groups is 1. The highest BCUT2D eigenvalue weighted by Gasteiger charge is 2.16. The van der Waals surface area contributed by atoms with Crippen LogP contribution in [0.15, 0.2) is 42.6 Å². The number of benzene rings is 1. The van der Waals surface area contributed by atoms with Crippen LogP contribution >= 0.6 is 0 Å². The van der Waals surface area contributed by atoms with Crippen LogP contribution in [0.4, 0.5) is 10.7 Å². The van der Waals surface area contributed by atoms with Gasteiger partial charge in [-0.2, -0.15) is 0 Å². The van der Waals surface area contributed by atoms with E-state index in [2.05, 4.69) is 15.0 Å². The lowest BCUT2D eigenvalue weighted by molar-refractivity contribution is 0.211. The van der Waals surface area contributed by atoms with E-state index < -0.39 is 6.09 Å². The van der Waals surface area contributed by atoms with Crippen molar-refractivity contribution >= 4 is 12.0 Å². The standard InChI is InChI=1S/C16H15N5O2/c1-9-4-2-3-5-10(9)14-13(23-16(18)22)8-12(20-14)11-6-7-19-15(17)21-11/h2-8,20H,1H3,(H2,18,22)(H2,17,19,21). The number of carbonyl (C=O) groups excluding carboxylic acids is 1. The first-order valence-corrected chi connectivity index (χ1v) is 6.90. The normalized spacial score (nSPS) is 10.5. The summed E-state index contributed by atoms with van der Waals surface area (Å²) in [5.74, 6) is 0.492. The number of aromatic amines is 1. The predicted molar refractivity (Wildman–Crippen MR) is 86.6 cm³/mol. The highest BCUT2D eigenvalue weighted by molar-refractivity contribution is 5.79. The maximum Gasteiger partial charge on any atom is 0.410 e. The molecular weight excluding hydrogens is 294 g/mol. The number of anilines is 1. The number of primary amides is 1. The molecule has 0 aliphatic heterocycles. The molecular formula is C16H15N5O2. The van der Waals surface area contributed by atoms with Crippen LogP contribution in [0.3, 0.4) is 0 Å². The maximum absolute atomic E-state index is 11.2. The van der Waals surface area contributed by atoms with Crippen molar-refractivity contribution in [2.24, 2.45) is 5.73 Å². The average Bonchev–Trinajstić information content (AvgIpc) is 2.91. The van der Waals surface area contributed by atoms with E-state index >= 15 is 0 Å². The summed E-state index contributed by atoms with van der Waals surface area (Å²) in [7, 11) is 0. The minimum atomic E-state index is -0.882. The second-order valence-corrected chi connectivity index (χ2v) is 4.96. The molecule has 7 heteroatoms. The Morgan fingerprint density at radius 1 is 1.26 bits per heavy atom. The molecule has 23 heavy (non-hydrogen) atoms. The van der Waals surface area contributed by atoms with Gasteiger partial charge in [-0.1, -0.05) is 24.3 Å². The zero-order valence-electron chi connectivity index (χ0n) is 12.4. The van der Waals surface area contributed by atoms with Crippen molar-refractivity contribution < 1.29 is 9.53 Å². The SMILES string of the molecule is Cc1ccccc1-c1[nH]c(-c2ccnc(N)n2)cc1OC(N)=O. The molecule has 0 aliphatic rings. The van der Waals surface area contributed by atoms with E-state index in [9.17, 15) is 4.79 Å². The molecule has 0 unspecified atom stereocenters. The largest absolute Gasteiger partial charge is 0.410 e. The summed E-state index contributed by atoms with van der Waals surface area (Å²) in [6.07, 6.45) is 0.674. The van der Waals surface area contributed by atoms with E-state index in [1.165, 1.54) is 0 Å². The molecule has 116 valence electrons. The van der Waals surface area contributed by atoms with E-state index in [0.29, 0.717) is 22.8 Å². The summed E-state index contributed by atoms with van der Waals surface area (Å²) >= 11 is 0. The van der Waals surface area contributed by atoms with Crippen LogP contribution in [-0.4, -0.2) is 21.0 Å². The lowest BCUT2D eigenvalue weighted by Gasteiger charge is -2.06. The molecule has 0 aliphatic carbocycles. The number of hydrogen-bond donors (Lipinski definition) is 3. The van der Waals surface area contributed by atoms with Gasteiger partial charge in [0.25, 0.3) is 0 Å².